The van der Waals surface area contributed by atoms with Crippen LogP contribution in [0.5, 0.6) is 0 Å². The van der Waals surface area contributed by atoms with Gasteiger partial charge in [-0.05, 0) is 19.1 Å². The molecule has 7 heteroatoms. The Labute approximate surface area is 106 Å². The minimum Gasteiger partial charge on any atom is -0.264 e. The molecule has 1 aromatic carbocycles. The number of rotatable bonds is 5. The van der Waals surface area contributed by atoms with E-state index in [0.29, 0.717) is 0 Å². The lowest BCUT2D eigenvalue weighted by atomic mass is 10.1. The summed E-state index contributed by atoms with van der Waals surface area (Å²) >= 11 is 0. The van der Waals surface area contributed by atoms with Gasteiger partial charge in [0.05, 0.1) is 4.90 Å². The zero-order valence-corrected chi connectivity index (χ0v) is 11.2. The highest BCUT2D eigenvalue weighted by atomic mass is 32.2. The average molecular weight is 273 g/mol. The summed E-state index contributed by atoms with van der Waals surface area (Å²) in [7, 11) is -3.95. The lowest BCUT2D eigenvalue weighted by Crippen LogP contribution is -2.37. The van der Waals surface area contributed by atoms with Gasteiger partial charge < -0.3 is 0 Å². The minimum absolute atomic E-state index is 0.00718. The zero-order chi connectivity index (χ0) is 14.0. The van der Waals surface area contributed by atoms with Gasteiger partial charge in [0.1, 0.15) is 6.61 Å². The van der Waals surface area contributed by atoms with Crippen molar-refractivity contribution >= 4 is 10.1 Å². The molecule has 0 aliphatic rings. The Bertz CT molecular complexity index is 533. The van der Waals surface area contributed by atoms with Crippen molar-refractivity contribution in [2.45, 2.75) is 31.2 Å². The topological polar surface area (TPSA) is 86.5 Å². The second-order valence-electron chi connectivity index (χ2n) is 4.60. The van der Waals surface area contributed by atoms with Crippen LogP contribution in [0.2, 0.25) is 0 Å². The molecule has 0 saturated carbocycles. The van der Waals surface area contributed by atoms with Crippen LogP contribution in [0.1, 0.15) is 19.4 Å². The summed E-state index contributed by atoms with van der Waals surface area (Å²) in [5.74, 6) is 0. The fraction of sp³-hybridized carbons (Fsp3) is 0.455. The predicted octanol–water partition coefficient (Wildman–Crippen LogP) is 1.76. The highest BCUT2D eigenvalue weighted by molar-refractivity contribution is 7.86. The first-order valence-electron chi connectivity index (χ1n) is 5.26. The number of hydrogen-bond acceptors (Lipinski definition) is 5. The third kappa shape index (κ3) is 3.51. The Morgan fingerprint density at radius 3 is 2.22 bits per heavy atom. The van der Waals surface area contributed by atoms with Crippen LogP contribution in [0.25, 0.3) is 0 Å². The summed E-state index contributed by atoms with van der Waals surface area (Å²) in [6.45, 7) is 3.93. The SMILES string of the molecule is Cc1ccc(S(=O)(=O)OCC(C)(C)[N+](=O)[O-])cc1. The molecule has 0 spiro atoms. The first kappa shape index (κ1) is 14.6. The summed E-state index contributed by atoms with van der Waals surface area (Å²) in [4.78, 5) is 10.1. The second-order valence-corrected chi connectivity index (χ2v) is 6.21. The van der Waals surface area contributed by atoms with Gasteiger partial charge in [-0.25, -0.2) is 0 Å². The van der Waals surface area contributed by atoms with E-state index in [1.165, 1.54) is 26.0 Å². The van der Waals surface area contributed by atoms with Crippen LogP contribution in [0.15, 0.2) is 29.2 Å². The average Bonchev–Trinajstić information content (AvgIpc) is 2.27. The van der Waals surface area contributed by atoms with Crippen molar-refractivity contribution in [1.82, 2.24) is 0 Å². The van der Waals surface area contributed by atoms with Crippen LogP contribution in [0.3, 0.4) is 0 Å². The van der Waals surface area contributed by atoms with E-state index in [1.807, 2.05) is 6.92 Å². The lowest BCUT2D eigenvalue weighted by molar-refractivity contribution is -0.562. The van der Waals surface area contributed by atoms with E-state index in [-0.39, 0.29) is 4.90 Å². The van der Waals surface area contributed by atoms with E-state index >= 15 is 0 Å². The molecule has 0 aliphatic heterocycles. The smallest absolute Gasteiger partial charge is 0.264 e. The molecule has 1 aromatic rings. The van der Waals surface area contributed by atoms with Crippen LogP contribution in [0, 0.1) is 17.0 Å². The van der Waals surface area contributed by atoms with Gasteiger partial charge in [0.15, 0.2) is 0 Å². The van der Waals surface area contributed by atoms with Crippen molar-refractivity contribution in [2.75, 3.05) is 6.61 Å². The molecule has 0 fully saturated rings. The maximum absolute atomic E-state index is 11.8. The first-order valence-corrected chi connectivity index (χ1v) is 6.66. The molecule has 100 valence electrons. The number of aryl methyl sites for hydroxylation is 1. The van der Waals surface area contributed by atoms with Gasteiger partial charge >= 0.3 is 0 Å². The third-order valence-corrected chi connectivity index (χ3v) is 3.65. The molecule has 1 rings (SSSR count). The van der Waals surface area contributed by atoms with Crippen molar-refractivity contribution in [3.05, 3.63) is 39.9 Å². The van der Waals surface area contributed by atoms with Crippen molar-refractivity contribution in [3.63, 3.8) is 0 Å². The minimum atomic E-state index is -3.95. The molecule has 0 aliphatic carbocycles. The van der Waals surface area contributed by atoms with Gasteiger partial charge in [0, 0.05) is 18.8 Å². The summed E-state index contributed by atoms with van der Waals surface area (Å²) < 4.78 is 28.2. The quantitative estimate of drug-likeness (QED) is 0.463. The monoisotopic (exact) mass is 273 g/mol. The number of benzene rings is 1. The van der Waals surface area contributed by atoms with Gasteiger partial charge in [0.2, 0.25) is 5.54 Å². The molecule has 0 aromatic heterocycles. The van der Waals surface area contributed by atoms with Crippen molar-refractivity contribution in [1.29, 1.82) is 0 Å². The normalized spacial score (nSPS) is 12.4. The van der Waals surface area contributed by atoms with Gasteiger partial charge in [-0.2, -0.15) is 8.42 Å². The second kappa shape index (κ2) is 5.03. The molecule has 6 nitrogen and oxygen atoms in total. The van der Waals surface area contributed by atoms with E-state index in [1.54, 1.807) is 12.1 Å². The van der Waals surface area contributed by atoms with E-state index in [4.69, 9.17) is 4.18 Å². The molecule has 18 heavy (non-hydrogen) atoms. The molecule has 0 N–H and O–H groups in total. The molecular formula is C11H15NO5S. The molecule has 0 saturated heterocycles. The van der Waals surface area contributed by atoms with Crippen molar-refractivity contribution in [3.8, 4) is 0 Å². The van der Waals surface area contributed by atoms with Crippen LogP contribution in [-0.2, 0) is 14.3 Å². The molecule has 0 unspecified atom stereocenters. The Morgan fingerprint density at radius 1 is 1.28 bits per heavy atom. The molecule has 0 bridgehead atoms. The Balaban J connectivity index is 2.84. The molecular weight excluding hydrogens is 258 g/mol. The number of hydrogen-bond donors (Lipinski definition) is 0. The van der Waals surface area contributed by atoms with Crippen LogP contribution in [0.4, 0.5) is 0 Å². The van der Waals surface area contributed by atoms with Gasteiger partial charge in [0.25, 0.3) is 10.1 Å². The van der Waals surface area contributed by atoms with Gasteiger partial charge in [-0.15, -0.1) is 0 Å². The largest absolute Gasteiger partial charge is 0.297 e. The standard InChI is InChI=1S/C11H15NO5S/c1-9-4-6-10(7-5-9)18(15,16)17-8-11(2,3)12(13)14/h4-7H,8H2,1-3H3. The van der Waals surface area contributed by atoms with E-state index < -0.39 is 27.2 Å². The van der Waals surface area contributed by atoms with Crippen LogP contribution in [-0.4, -0.2) is 25.5 Å². The first-order chi connectivity index (χ1) is 8.15. The van der Waals surface area contributed by atoms with E-state index in [9.17, 15) is 18.5 Å². The highest BCUT2D eigenvalue weighted by Crippen LogP contribution is 2.16. The molecule has 0 atom stereocenters. The maximum Gasteiger partial charge on any atom is 0.297 e. The number of nitrogens with zero attached hydrogens (tertiary/aromatic N) is 1. The molecule has 0 amide bonds. The molecule has 0 heterocycles. The maximum atomic E-state index is 11.8. The zero-order valence-electron chi connectivity index (χ0n) is 10.4. The Kier molecular flexibility index (Phi) is 4.08. The summed E-state index contributed by atoms with van der Waals surface area (Å²) in [6.07, 6.45) is 0. The predicted molar refractivity (Wildman–Crippen MR) is 65.4 cm³/mol. The van der Waals surface area contributed by atoms with E-state index in [2.05, 4.69) is 0 Å². The Hall–Kier alpha value is -1.47. The molecule has 0 radical (unpaired) electrons. The number of nitro groups is 1. The Morgan fingerprint density at radius 2 is 1.78 bits per heavy atom. The summed E-state index contributed by atoms with van der Waals surface area (Å²) in [6, 6.07) is 6.08. The van der Waals surface area contributed by atoms with Crippen molar-refractivity contribution < 1.29 is 17.5 Å². The van der Waals surface area contributed by atoms with Crippen LogP contribution >= 0.6 is 0 Å². The summed E-state index contributed by atoms with van der Waals surface area (Å²) in [5.41, 5.74) is -0.530. The van der Waals surface area contributed by atoms with Crippen molar-refractivity contribution in [2.24, 2.45) is 0 Å². The van der Waals surface area contributed by atoms with Gasteiger partial charge in [-0.3, -0.25) is 14.3 Å². The van der Waals surface area contributed by atoms with Gasteiger partial charge in [-0.1, -0.05) is 17.7 Å². The lowest BCUT2D eigenvalue weighted by Gasteiger charge is -2.15. The third-order valence-electron chi connectivity index (χ3n) is 2.37. The summed E-state index contributed by atoms with van der Waals surface area (Å²) in [5, 5.41) is 10.6. The fourth-order valence-electron chi connectivity index (χ4n) is 1.05. The van der Waals surface area contributed by atoms with E-state index in [0.717, 1.165) is 5.56 Å². The highest BCUT2D eigenvalue weighted by Gasteiger charge is 2.33. The fourth-order valence-corrected chi connectivity index (χ4v) is 2.10. The van der Waals surface area contributed by atoms with Crippen LogP contribution < -0.4 is 0 Å².